The number of rotatable bonds is 7. The Hall–Kier alpha value is -1.97. The molecule has 0 atom stereocenters. The number of aliphatic imine (C=N–C) groups is 1. The fourth-order valence-electron chi connectivity index (χ4n) is 2.18. The van der Waals surface area contributed by atoms with Crippen LogP contribution >= 0.6 is 24.0 Å². The van der Waals surface area contributed by atoms with Crippen molar-refractivity contribution < 1.29 is 9.47 Å². The molecule has 1 aromatic heterocycles. The molecule has 0 aliphatic carbocycles. The first-order chi connectivity index (χ1) is 11.1. The maximum atomic E-state index is 5.89. The van der Waals surface area contributed by atoms with Crippen LogP contribution in [0.3, 0.4) is 0 Å². The molecule has 0 amide bonds. The summed E-state index contributed by atoms with van der Waals surface area (Å²) in [4.78, 5) is 4.33. The number of benzene rings is 1. The Labute approximate surface area is 159 Å². The van der Waals surface area contributed by atoms with Crippen LogP contribution in [-0.4, -0.2) is 36.5 Å². The van der Waals surface area contributed by atoms with Crippen LogP contribution in [0.25, 0.3) is 0 Å². The third kappa shape index (κ3) is 5.59. The van der Waals surface area contributed by atoms with E-state index in [9.17, 15) is 0 Å². The number of nitrogens with zero attached hydrogens (tertiary/aromatic N) is 3. The van der Waals surface area contributed by atoms with Gasteiger partial charge in [0.25, 0.3) is 0 Å². The van der Waals surface area contributed by atoms with Gasteiger partial charge in [-0.05, 0) is 23.8 Å². The average molecular weight is 445 g/mol. The summed E-state index contributed by atoms with van der Waals surface area (Å²) in [6.07, 6.45) is 2.62. The van der Waals surface area contributed by atoms with Crippen molar-refractivity contribution in [1.82, 2.24) is 15.1 Å². The molecule has 1 heterocycles. The predicted octanol–water partition coefficient (Wildman–Crippen LogP) is 1.70. The quantitative estimate of drug-likeness (QED) is 0.385. The number of guanidine groups is 1. The number of nitrogens with two attached hydrogens (primary N) is 1. The topological polar surface area (TPSA) is 86.7 Å². The second-order valence-electron chi connectivity index (χ2n) is 5.01. The first kappa shape index (κ1) is 20.1. The van der Waals surface area contributed by atoms with Gasteiger partial charge in [0.15, 0.2) is 17.5 Å². The van der Waals surface area contributed by atoms with E-state index in [4.69, 9.17) is 15.2 Å². The number of methoxy groups -OCH3 is 2. The summed E-state index contributed by atoms with van der Waals surface area (Å²) in [5.74, 6) is 1.80. The molecule has 0 bridgehead atoms. The van der Waals surface area contributed by atoms with Gasteiger partial charge < -0.3 is 20.5 Å². The van der Waals surface area contributed by atoms with E-state index in [0.29, 0.717) is 30.5 Å². The molecule has 7 nitrogen and oxygen atoms in total. The molecule has 24 heavy (non-hydrogen) atoms. The zero-order valence-corrected chi connectivity index (χ0v) is 16.5. The van der Waals surface area contributed by atoms with Gasteiger partial charge in [-0.1, -0.05) is 6.07 Å². The predicted molar refractivity (Wildman–Crippen MR) is 105 cm³/mol. The zero-order chi connectivity index (χ0) is 16.7. The average Bonchev–Trinajstić information content (AvgIpc) is 2.97. The fraction of sp³-hybridized carbons (Fsp3) is 0.375. The Morgan fingerprint density at radius 2 is 2.00 bits per heavy atom. The van der Waals surface area contributed by atoms with Gasteiger partial charge in [0, 0.05) is 31.9 Å². The van der Waals surface area contributed by atoms with E-state index < -0.39 is 0 Å². The molecule has 8 heteroatoms. The maximum Gasteiger partial charge on any atom is 0.188 e. The largest absolute Gasteiger partial charge is 0.493 e. The normalized spacial score (nSPS) is 10.9. The number of ether oxygens (including phenoxy) is 2. The molecule has 0 aliphatic heterocycles. The highest BCUT2D eigenvalue weighted by Crippen LogP contribution is 2.27. The van der Waals surface area contributed by atoms with E-state index in [1.807, 2.05) is 36.0 Å². The molecule has 0 fully saturated rings. The second kappa shape index (κ2) is 10.0. The number of halogens is 1. The van der Waals surface area contributed by atoms with Gasteiger partial charge in [-0.3, -0.25) is 4.68 Å². The van der Waals surface area contributed by atoms with Crippen molar-refractivity contribution in [3.63, 3.8) is 0 Å². The highest BCUT2D eigenvalue weighted by molar-refractivity contribution is 14.0. The van der Waals surface area contributed by atoms with Crippen molar-refractivity contribution in [2.75, 3.05) is 20.8 Å². The van der Waals surface area contributed by atoms with Gasteiger partial charge in [-0.25, -0.2) is 4.99 Å². The summed E-state index contributed by atoms with van der Waals surface area (Å²) >= 11 is 0. The van der Waals surface area contributed by atoms with Gasteiger partial charge in [-0.15, -0.1) is 24.0 Å². The van der Waals surface area contributed by atoms with Crippen molar-refractivity contribution >= 4 is 29.9 Å². The maximum absolute atomic E-state index is 5.89. The monoisotopic (exact) mass is 445 g/mol. The van der Waals surface area contributed by atoms with Crippen molar-refractivity contribution in [3.8, 4) is 11.5 Å². The molecule has 0 unspecified atom stereocenters. The highest BCUT2D eigenvalue weighted by atomic mass is 127. The van der Waals surface area contributed by atoms with Gasteiger partial charge in [-0.2, -0.15) is 5.10 Å². The van der Waals surface area contributed by atoms with Crippen LogP contribution in [0.1, 0.15) is 11.3 Å². The van der Waals surface area contributed by atoms with Crippen LogP contribution in [0.15, 0.2) is 35.5 Å². The van der Waals surface area contributed by atoms with Crippen LogP contribution in [0.2, 0.25) is 0 Å². The van der Waals surface area contributed by atoms with E-state index in [1.54, 1.807) is 20.4 Å². The lowest BCUT2D eigenvalue weighted by molar-refractivity contribution is 0.354. The summed E-state index contributed by atoms with van der Waals surface area (Å²) in [7, 11) is 5.14. The Kier molecular flexibility index (Phi) is 8.37. The summed E-state index contributed by atoms with van der Waals surface area (Å²) in [5.41, 5.74) is 8.03. The van der Waals surface area contributed by atoms with E-state index in [-0.39, 0.29) is 24.0 Å². The van der Waals surface area contributed by atoms with Crippen molar-refractivity contribution in [2.45, 2.75) is 13.0 Å². The minimum atomic E-state index is 0. The molecule has 0 saturated heterocycles. The number of hydrogen-bond donors (Lipinski definition) is 2. The molecule has 3 N–H and O–H groups in total. The molecule has 1 aromatic carbocycles. The highest BCUT2D eigenvalue weighted by Gasteiger charge is 2.04. The molecule has 132 valence electrons. The van der Waals surface area contributed by atoms with Crippen LogP contribution in [0.4, 0.5) is 0 Å². The van der Waals surface area contributed by atoms with Crippen molar-refractivity contribution in [1.29, 1.82) is 0 Å². The molecule has 0 aliphatic rings. The summed E-state index contributed by atoms with van der Waals surface area (Å²) < 4.78 is 12.3. The molecular formula is C16H24IN5O2. The molecular weight excluding hydrogens is 421 g/mol. The van der Waals surface area contributed by atoms with E-state index >= 15 is 0 Å². The lowest BCUT2D eigenvalue weighted by Gasteiger charge is -2.09. The zero-order valence-electron chi connectivity index (χ0n) is 14.2. The summed E-state index contributed by atoms with van der Waals surface area (Å²) in [6.45, 7) is 1.19. The van der Waals surface area contributed by atoms with Crippen LogP contribution in [0, 0.1) is 0 Å². The Morgan fingerprint density at radius 1 is 1.25 bits per heavy atom. The van der Waals surface area contributed by atoms with Crippen LogP contribution in [-0.2, 0) is 20.0 Å². The van der Waals surface area contributed by atoms with E-state index in [2.05, 4.69) is 15.4 Å². The lowest BCUT2D eigenvalue weighted by atomic mass is 10.2. The molecule has 0 spiro atoms. The Bertz CT molecular complexity index is 672. The standard InChI is InChI=1S/C16H23N5O2.HI/c1-21-13(7-9-20-21)6-8-18-16(17)19-11-12-4-5-14(22-2)15(10-12)23-3;/h4-5,7,9-10H,6,8,11H2,1-3H3,(H3,17,18,19);1H. The number of hydrogen-bond acceptors (Lipinski definition) is 4. The smallest absolute Gasteiger partial charge is 0.188 e. The second-order valence-corrected chi connectivity index (χ2v) is 5.01. The fourth-order valence-corrected chi connectivity index (χ4v) is 2.18. The summed E-state index contributed by atoms with van der Waals surface area (Å²) in [5, 5.41) is 7.23. The van der Waals surface area contributed by atoms with Crippen molar-refractivity contribution in [3.05, 3.63) is 41.7 Å². The van der Waals surface area contributed by atoms with Crippen LogP contribution in [0.5, 0.6) is 11.5 Å². The number of nitrogens with one attached hydrogen (secondary N) is 1. The Morgan fingerprint density at radius 3 is 2.62 bits per heavy atom. The van der Waals surface area contributed by atoms with Gasteiger partial charge >= 0.3 is 0 Å². The first-order valence-electron chi connectivity index (χ1n) is 7.35. The van der Waals surface area contributed by atoms with Gasteiger partial charge in [0.1, 0.15) is 0 Å². The molecule has 0 saturated carbocycles. The molecule has 0 radical (unpaired) electrons. The SMILES string of the molecule is COc1ccc(CN=C(N)NCCc2ccnn2C)cc1OC.I. The Balaban J connectivity index is 0.00000288. The minimum Gasteiger partial charge on any atom is -0.493 e. The number of aryl methyl sites for hydroxylation is 1. The van der Waals surface area contributed by atoms with Crippen LogP contribution < -0.4 is 20.5 Å². The van der Waals surface area contributed by atoms with Gasteiger partial charge in [0.2, 0.25) is 0 Å². The third-order valence-corrected chi connectivity index (χ3v) is 3.49. The first-order valence-corrected chi connectivity index (χ1v) is 7.35. The van der Waals surface area contributed by atoms with E-state index in [0.717, 1.165) is 17.7 Å². The summed E-state index contributed by atoms with van der Waals surface area (Å²) in [6, 6.07) is 7.67. The number of aromatic nitrogens is 2. The minimum absolute atomic E-state index is 0. The van der Waals surface area contributed by atoms with Crippen molar-refractivity contribution in [2.24, 2.45) is 17.8 Å². The van der Waals surface area contributed by atoms with Gasteiger partial charge in [0.05, 0.1) is 20.8 Å². The molecule has 2 rings (SSSR count). The third-order valence-electron chi connectivity index (χ3n) is 3.49. The molecule has 2 aromatic rings. The lowest BCUT2D eigenvalue weighted by Crippen LogP contribution is -2.33. The van der Waals surface area contributed by atoms with E-state index in [1.165, 1.54) is 0 Å².